The molecule has 1 heterocycles. The van der Waals surface area contributed by atoms with E-state index in [0.29, 0.717) is 5.56 Å². The van der Waals surface area contributed by atoms with Crippen LogP contribution >= 0.6 is 0 Å². The van der Waals surface area contributed by atoms with Crippen LogP contribution in [0.5, 0.6) is 0 Å². The maximum absolute atomic E-state index is 13.9. The summed E-state index contributed by atoms with van der Waals surface area (Å²) < 4.78 is 54.0. The molecule has 0 bridgehead atoms. The molecule has 22 heavy (non-hydrogen) atoms. The number of sulfonamides is 1. The number of pyridine rings is 1. The van der Waals surface area contributed by atoms with Crippen molar-refractivity contribution in [2.45, 2.75) is 31.3 Å². The molecular weight excluding hydrogens is 310 g/mol. The van der Waals surface area contributed by atoms with Crippen molar-refractivity contribution in [1.82, 2.24) is 9.29 Å². The summed E-state index contributed by atoms with van der Waals surface area (Å²) in [6, 6.07) is 5.89. The summed E-state index contributed by atoms with van der Waals surface area (Å²) in [5.41, 5.74) is 0.636. The van der Waals surface area contributed by atoms with Gasteiger partial charge in [0, 0.05) is 25.0 Å². The number of aromatic nitrogens is 1. The minimum Gasteiger partial charge on any atom is -0.264 e. The van der Waals surface area contributed by atoms with Gasteiger partial charge in [-0.2, -0.15) is 4.31 Å². The minimum absolute atomic E-state index is 0.0123. The largest absolute Gasteiger partial charge is 0.264 e. The summed E-state index contributed by atoms with van der Waals surface area (Å²) in [4.78, 5) is 2.99. The molecule has 1 aromatic carbocycles. The average Bonchev–Trinajstić information content (AvgIpc) is 2.45. The molecule has 7 heteroatoms. The van der Waals surface area contributed by atoms with Gasteiger partial charge < -0.3 is 0 Å². The van der Waals surface area contributed by atoms with Crippen LogP contribution < -0.4 is 0 Å². The maximum Gasteiger partial charge on any atom is 0.249 e. The molecule has 4 nitrogen and oxygen atoms in total. The van der Waals surface area contributed by atoms with Crippen LogP contribution in [0.25, 0.3) is 0 Å². The van der Waals surface area contributed by atoms with Crippen molar-refractivity contribution in [3.05, 3.63) is 59.9 Å². The van der Waals surface area contributed by atoms with Crippen molar-refractivity contribution < 1.29 is 17.2 Å². The molecule has 0 atom stereocenters. The van der Waals surface area contributed by atoms with Gasteiger partial charge in [-0.15, -0.1) is 0 Å². The van der Waals surface area contributed by atoms with E-state index in [-0.39, 0.29) is 6.54 Å². The van der Waals surface area contributed by atoms with Gasteiger partial charge >= 0.3 is 0 Å². The van der Waals surface area contributed by atoms with Crippen LogP contribution in [0.15, 0.2) is 47.6 Å². The van der Waals surface area contributed by atoms with Crippen molar-refractivity contribution in [3.63, 3.8) is 0 Å². The van der Waals surface area contributed by atoms with Gasteiger partial charge in [-0.25, -0.2) is 17.2 Å². The van der Waals surface area contributed by atoms with Crippen molar-refractivity contribution in [2.24, 2.45) is 0 Å². The maximum atomic E-state index is 13.9. The standard InChI is InChI=1S/C15H16F2N2O2S/c1-11(2)19(10-12-5-4-8-18-9-12)22(20,21)15-13(16)6-3-7-14(15)17/h3-9,11H,10H2,1-2H3. The van der Waals surface area contributed by atoms with Crippen LogP contribution in [0.2, 0.25) is 0 Å². The highest BCUT2D eigenvalue weighted by atomic mass is 32.2. The zero-order valence-electron chi connectivity index (χ0n) is 12.2. The fourth-order valence-corrected chi connectivity index (χ4v) is 3.80. The van der Waals surface area contributed by atoms with Gasteiger partial charge in [0.1, 0.15) is 11.6 Å². The summed E-state index contributed by atoms with van der Waals surface area (Å²) in [6.07, 6.45) is 3.08. The number of halogens is 2. The van der Waals surface area contributed by atoms with E-state index in [2.05, 4.69) is 4.98 Å². The summed E-state index contributed by atoms with van der Waals surface area (Å²) in [5.74, 6) is -2.20. The lowest BCUT2D eigenvalue weighted by Crippen LogP contribution is -2.37. The van der Waals surface area contributed by atoms with E-state index >= 15 is 0 Å². The molecule has 0 N–H and O–H groups in total. The Bertz CT molecular complexity index is 729. The first-order valence-corrected chi connectivity index (χ1v) is 8.13. The van der Waals surface area contributed by atoms with Crippen LogP contribution in [-0.2, 0) is 16.6 Å². The van der Waals surface area contributed by atoms with E-state index in [4.69, 9.17) is 0 Å². The highest BCUT2D eigenvalue weighted by Crippen LogP contribution is 2.25. The van der Waals surface area contributed by atoms with Crippen molar-refractivity contribution in [3.8, 4) is 0 Å². The summed E-state index contributed by atoms with van der Waals surface area (Å²) in [6.45, 7) is 3.28. The molecule has 0 aliphatic rings. The Hall–Kier alpha value is -1.86. The third-order valence-corrected chi connectivity index (χ3v) is 5.20. The molecule has 1 aromatic heterocycles. The zero-order valence-corrected chi connectivity index (χ0v) is 13.0. The lowest BCUT2D eigenvalue weighted by atomic mass is 10.2. The Kier molecular flexibility index (Phi) is 4.87. The van der Waals surface area contributed by atoms with E-state index in [9.17, 15) is 17.2 Å². The normalized spacial score (nSPS) is 12.1. The first kappa shape index (κ1) is 16.5. The Morgan fingerprint density at radius 3 is 2.27 bits per heavy atom. The molecule has 2 rings (SSSR count). The Morgan fingerprint density at radius 1 is 1.14 bits per heavy atom. The van der Waals surface area contributed by atoms with Crippen LogP contribution in [0.1, 0.15) is 19.4 Å². The smallest absolute Gasteiger partial charge is 0.249 e. The Morgan fingerprint density at radius 2 is 1.77 bits per heavy atom. The topological polar surface area (TPSA) is 50.3 Å². The van der Waals surface area contributed by atoms with Gasteiger partial charge in [0.15, 0.2) is 4.90 Å². The predicted octanol–water partition coefficient (Wildman–Crippen LogP) is 2.96. The number of benzene rings is 1. The number of rotatable bonds is 5. The summed E-state index contributed by atoms with van der Waals surface area (Å²) >= 11 is 0. The zero-order chi connectivity index (χ0) is 16.3. The first-order valence-electron chi connectivity index (χ1n) is 6.69. The van der Waals surface area contributed by atoms with Gasteiger partial charge in [-0.1, -0.05) is 12.1 Å². The lowest BCUT2D eigenvalue weighted by molar-refractivity contribution is 0.343. The van der Waals surface area contributed by atoms with E-state index in [1.165, 1.54) is 6.20 Å². The molecule has 0 amide bonds. The molecular formula is C15H16F2N2O2S. The van der Waals surface area contributed by atoms with E-state index < -0.39 is 32.6 Å². The van der Waals surface area contributed by atoms with Gasteiger partial charge in [-0.05, 0) is 37.6 Å². The number of hydrogen-bond acceptors (Lipinski definition) is 3. The molecule has 118 valence electrons. The molecule has 0 aliphatic heterocycles. The van der Waals surface area contributed by atoms with Gasteiger partial charge in [0.2, 0.25) is 10.0 Å². The molecule has 0 fully saturated rings. The highest BCUT2D eigenvalue weighted by Gasteiger charge is 2.32. The lowest BCUT2D eigenvalue weighted by Gasteiger charge is -2.26. The van der Waals surface area contributed by atoms with Gasteiger partial charge in [0.25, 0.3) is 0 Å². The highest BCUT2D eigenvalue weighted by molar-refractivity contribution is 7.89. The summed E-state index contributed by atoms with van der Waals surface area (Å²) in [5, 5.41) is 0. The van der Waals surface area contributed by atoms with Crippen molar-refractivity contribution in [2.75, 3.05) is 0 Å². The first-order chi connectivity index (χ1) is 10.3. The molecule has 0 unspecified atom stereocenters. The Balaban J connectivity index is 2.48. The van der Waals surface area contributed by atoms with Gasteiger partial charge in [0.05, 0.1) is 0 Å². The van der Waals surface area contributed by atoms with Crippen molar-refractivity contribution >= 4 is 10.0 Å². The van der Waals surface area contributed by atoms with E-state index in [0.717, 1.165) is 22.5 Å². The third kappa shape index (κ3) is 3.31. The second-order valence-corrected chi connectivity index (χ2v) is 6.88. The molecule has 0 saturated carbocycles. The number of nitrogens with zero attached hydrogens (tertiary/aromatic N) is 2. The second kappa shape index (κ2) is 6.50. The number of hydrogen-bond donors (Lipinski definition) is 0. The van der Waals surface area contributed by atoms with Crippen LogP contribution in [0, 0.1) is 11.6 Å². The van der Waals surface area contributed by atoms with E-state index in [1.54, 1.807) is 32.2 Å². The van der Waals surface area contributed by atoms with Crippen LogP contribution in [-0.4, -0.2) is 23.7 Å². The van der Waals surface area contributed by atoms with Crippen molar-refractivity contribution in [1.29, 1.82) is 0 Å². The van der Waals surface area contributed by atoms with Gasteiger partial charge in [-0.3, -0.25) is 4.98 Å². The minimum atomic E-state index is -4.30. The monoisotopic (exact) mass is 326 g/mol. The average molecular weight is 326 g/mol. The quantitative estimate of drug-likeness (QED) is 0.849. The van der Waals surface area contributed by atoms with E-state index in [1.807, 2.05) is 0 Å². The molecule has 0 spiro atoms. The molecule has 0 radical (unpaired) electrons. The Labute approximate surface area is 128 Å². The molecule has 0 aliphatic carbocycles. The second-order valence-electron chi connectivity index (χ2n) is 5.06. The SMILES string of the molecule is CC(C)N(Cc1cccnc1)S(=O)(=O)c1c(F)cccc1F. The molecule has 2 aromatic rings. The molecule has 0 saturated heterocycles. The summed E-state index contributed by atoms with van der Waals surface area (Å²) in [7, 11) is -4.30. The van der Waals surface area contributed by atoms with Crippen LogP contribution in [0.4, 0.5) is 8.78 Å². The predicted molar refractivity (Wildman–Crippen MR) is 78.5 cm³/mol. The third-order valence-electron chi connectivity index (χ3n) is 3.12. The fraction of sp³-hybridized carbons (Fsp3) is 0.267. The fourth-order valence-electron chi connectivity index (χ4n) is 2.06. The van der Waals surface area contributed by atoms with Crippen LogP contribution in [0.3, 0.4) is 0 Å².